The molecule has 15 nitrogen and oxygen atoms in total. The maximum Gasteiger partial charge on any atom is 0.320 e. The van der Waals surface area contributed by atoms with E-state index in [4.69, 9.17) is 15.2 Å². The zero-order chi connectivity index (χ0) is 41.2. The van der Waals surface area contributed by atoms with E-state index in [1.165, 1.54) is 22.3 Å². The molecule has 10 rings (SSSR count). The number of anilines is 3. The second-order valence-electron chi connectivity index (χ2n) is 17.8. The summed E-state index contributed by atoms with van der Waals surface area (Å²) in [6.07, 6.45) is 12.3. The fraction of sp³-hybridized carbons (Fsp3) is 0.511. The zero-order valence-electron chi connectivity index (χ0n) is 34.3. The number of benzene rings is 2. The van der Waals surface area contributed by atoms with Crippen molar-refractivity contribution < 1.29 is 24.0 Å². The summed E-state index contributed by atoms with van der Waals surface area (Å²) >= 11 is 0. The molecule has 4 fully saturated rings. The number of carbonyl (C=O) groups is 3. The van der Waals surface area contributed by atoms with Gasteiger partial charge in [0, 0.05) is 61.9 Å². The van der Waals surface area contributed by atoms with Crippen LogP contribution in [0.2, 0.25) is 0 Å². The second kappa shape index (κ2) is 15.4. The molecule has 0 bridgehead atoms. The van der Waals surface area contributed by atoms with E-state index in [2.05, 4.69) is 80.1 Å². The molecule has 314 valence electrons. The summed E-state index contributed by atoms with van der Waals surface area (Å²) in [5.41, 5.74) is 13.5. The number of primary amides is 1. The average Bonchev–Trinajstić information content (AvgIpc) is 4.06. The number of nitrogens with two attached hydrogens (primary N) is 1. The van der Waals surface area contributed by atoms with Crippen molar-refractivity contribution in [3.8, 4) is 0 Å². The molecule has 15 heteroatoms. The Morgan fingerprint density at radius 2 is 1.85 bits per heavy atom. The number of carbonyl (C=O) groups excluding carboxylic acids is 3. The predicted octanol–water partition coefficient (Wildman–Crippen LogP) is 5.14. The monoisotopic (exact) mass is 814 g/mol. The molecule has 5 aliphatic heterocycles. The van der Waals surface area contributed by atoms with Crippen LogP contribution in [-0.2, 0) is 17.6 Å². The van der Waals surface area contributed by atoms with Gasteiger partial charge >= 0.3 is 6.03 Å². The number of fused-ring (bicyclic) bond motifs is 4. The van der Waals surface area contributed by atoms with Gasteiger partial charge in [-0.05, 0) is 117 Å². The van der Waals surface area contributed by atoms with Crippen LogP contribution < -0.4 is 21.3 Å². The highest BCUT2D eigenvalue weighted by Gasteiger charge is 2.41. The van der Waals surface area contributed by atoms with Gasteiger partial charge in [-0.2, -0.15) is 0 Å². The van der Waals surface area contributed by atoms with Gasteiger partial charge in [0.05, 0.1) is 18.2 Å². The molecule has 7 atom stereocenters. The fourth-order valence-electron chi connectivity index (χ4n) is 11.0. The molecule has 0 saturated carbocycles. The van der Waals surface area contributed by atoms with Gasteiger partial charge in [-0.15, -0.1) is 0 Å². The SMILES string of the molecule is CCC1CC(c2ccc(Nc3nc(N4CCC[C@@H](N5CCN(C)C5=O)C4)cnc3C(N)=O)cc2)CC2CC([C@H]3Cc4ccc5c(C6CCC(O)NC6=O)noc5c4C3)=CN12. The number of amides is 4. The van der Waals surface area contributed by atoms with E-state index in [0.717, 1.165) is 87.7 Å². The third-order valence-electron chi connectivity index (χ3n) is 14.3. The molecular weight excluding hydrogens is 761 g/mol. The van der Waals surface area contributed by atoms with E-state index >= 15 is 0 Å². The molecular formula is C45H54N10O5. The van der Waals surface area contributed by atoms with Crippen molar-refractivity contribution in [3.05, 3.63) is 82.4 Å². The van der Waals surface area contributed by atoms with Gasteiger partial charge in [-0.3, -0.25) is 9.59 Å². The van der Waals surface area contributed by atoms with E-state index in [9.17, 15) is 19.5 Å². The number of nitrogens with one attached hydrogen (secondary N) is 2. The van der Waals surface area contributed by atoms with E-state index < -0.39 is 18.1 Å². The smallest absolute Gasteiger partial charge is 0.320 e. The quantitative estimate of drug-likeness (QED) is 0.175. The van der Waals surface area contributed by atoms with E-state index in [1.54, 1.807) is 11.1 Å². The molecule has 4 amide bonds. The van der Waals surface area contributed by atoms with Gasteiger partial charge < -0.3 is 45.6 Å². The molecule has 6 aliphatic rings. The van der Waals surface area contributed by atoms with Crippen molar-refractivity contribution in [1.29, 1.82) is 0 Å². The number of nitrogens with zero attached hydrogens (tertiary/aromatic N) is 7. The lowest BCUT2D eigenvalue weighted by atomic mass is 9.80. The first kappa shape index (κ1) is 38.5. The lowest BCUT2D eigenvalue weighted by Gasteiger charge is -2.42. The Hall–Kier alpha value is -5.70. The minimum absolute atomic E-state index is 0.0701. The summed E-state index contributed by atoms with van der Waals surface area (Å²) in [6, 6.07) is 13.8. The van der Waals surface area contributed by atoms with E-state index in [1.807, 2.05) is 11.9 Å². The number of urea groups is 1. The standard InChI is InChI=1S/C45H54N10O5/c1-3-31-18-28(19-33-20-29(23-55(31)33)27-17-26-8-11-34-39(51-60-41(34)36(26)21-27)35-12-13-38(56)50-44(35)58)25-6-9-30(10-7-25)48-43-40(42(46)57)47-22-37(49-43)53-14-4-5-32(24-53)54-16-15-52(2)45(54)59/h6-11,22-23,27-28,31-33,35,38,56H,3-5,12-21,24H2,1-2H3,(H2,46,57)(H,48,49)(H,50,58)/t27-,28?,31?,32+,33?,35?,38?/m0/s1. The van der Waals surface area contributed by atoms with Crippen molar-refractivity contribution >= 4 is 46.1 Å². The molecule has 0 radical (unpaired) electrons. The second-order valence-corrected chi connectivity index (χ2v) is 17.8. The van der Waals surface area contributed by atoms with Crippen molar-refractivity contribution in [2.24, 2.45) is 11.7 Å². The molecule has 4 aromatic rings. The van der Waals surface area contributed by atoms with Gasteiger partial charge in [0.2, 0.25) is 5.91 Å². The Labute approximate surface area is 349 Å². The molecule has 60 heavy (non-hydrogen) atoms. The number of aliphatic hydroxyl groups excluding tert-OH is 1. The van der Waals surface area contributed by atoms with Crippen LogP contribution in [0.25, 0.3) is 11.0 Å². The highest BCUT2D eigenvalue weighted by atomic mass is 16.5. The maximum atomic E-state index is 12.7. The summed E-state index contributed by atoms with van der Waals surface area (Å²) in [6.45, 7) is 5.20. The topological polar surface area (TPSA) is 186 Å². The van der Waals surface area contributed by atoms with Crippen LogP contribution in [0, 0.1) is 5.92 Å². The summed E-state index contributed by atoms with van der Waals surface area (Å²) in [5.74, 6) is 0.539. The van der Waals surface area contributed by atoms with Gasteiger partial charge in [-0.25, -0.2) is 14.8 Å². The Balaban J connectivity index is 0.804. The summed E-state index contributed by atoms with van der Waals surface area (Å²) in [7, 11) is 1.84. The van der Waals surface area contributed by atoms with Gasteiger partial charge in [-0.1, -0.05) is 30.3 Å². The Morgan fingerprint density at radius 3 is 2.62 bits per heavy atom. The minimum Gasteiger partial charge on any atom is -0.374 e. The third kappa shape index (κ3) is 6.89. The van der Waals surface area contributed by atoms with Gasteiger partial charge in [0.15, 0.2) is 17.1 Å². The van der Waals surface area contributed by atoms with Crippen molar-refractivity contribution in [2.45, 2.75) is 107 Å². The molecule has 4 saturated heterocycles. The first-order chi connectivity index (χ1) is 29.1. The van der Waals surface area contributed by atoms with Crippen LogP contribution in [0.3, 0.4) is 0 Å². The maximum absolute atomic E-state index is 12.7. The zero-order valence-corrected chi connectivity index (χ0v) is 34.3. The van der Waals surface area contributed by atoms with Crippen LogP contribution in [0.1, 0.15) is 103 Å². The highest BCUT2D eigenvalue weighted by molar-refractivity contribution is 5.96. The first-order valence-corrected chi connectivity index (χ1v) is 21.8. The molecule has 0 spiro atoms. The number of hydrogen-bond acceptors (Lipinski definition) is 11. The normalized spacial score (nSPS) is 27.9. The Bertz CT molecular complexity index is 2360. The summed E-state index contributed by atoms with van der Waals surface area (Å²) in [4.78, 5) is 55.8. The van der Waals surface area contributed by atoms with Crippen LogP contribution in [0.15, 0.2) is 58.9 Å². The lowest BCUT2D eigenvalue weighted by Crippen LogP contribution is -2.49. The van der Waals surface area contributed by atoms with Crippen molar-refractivity contribution in [1.82, 2.24) is 35.1 Å². The summed E-state index contributed by atoms with van der Waals surface area (Å²) in [5, 5.41) is 21.2. The van der Waals surface area contributed by atoms with Crippen LogP contribution in [0.5, 0.6) is 0 Å². The van der Waals surface area contributed by atoms with Crippen LogP contribution >= 0.6 is 0 Å². The average molecular weight is 815 g/mol. The van der Waals surface area contributed by atoms with Crippen molar-refractivity contribution in [3.63, 3.8) is 0 Å². The molecule has 5 unspecified atom stereocenters. The number of hydrogen-bond donors (Lipinski definition) is 4. The molecule has 2 aromatic heterocycles. The lowest BCUT2D eigenvalue weighted by molar-refractivity contribution is -0.128. The molecule has 2 aromatic carbocycles. The predicted molar refractivity (Wildman–Crippen MR) is 226 cm³/mol. The number of aromatic nitrogens is 3. The van der Waals surface area contributed by atoms with Crippen LogP contribution in [-0.4, -0.2) is 110 Å². The summed E-state index contributed by atoms with van der Waals surface area (Å²) < 4.78 is 5.97. The molecule has 7 heterocycles. The number of aliphatic hydroxyl groups is 1. The molecule has 1 aliphatic carbocycles. The Morgan fingerprint density at radius 1 is 1.00 bits per heavy atom. The fourth-order valence-corrected chi connectivity index (χ4v) is 11.0. The third-order valence-corrected chi connectivity index (χ3v) is 14.3. The molecule has 5 N–H and O–H groups in total. The first-order valence-electron chi connectivity index (χ1n) is 21.8. The van der Waals surface area contributed by atoms with Gasteiger partial charge in [0.1, 0.15) is 17.7 Å². The largest absolute Gasteiger partial charge is 0.374 e. The minimum atomic E-state index is -0.802. The van der Waals surface area contributed by atoms with E-state index in [0.29, 0.717) is 60.6 Å². The number of rotatable bonds is 9. The number of piperidine rings is 3. The number of likely N-dealkylation sites (N-methyl/N-ethyl adjacent to an activating group) is 1. The van der Waals surface area contributed by atoms with Gasteiger partial charge in [0.25, 0.3) is 5.91 Å². The van der Waals surface area contributed by atoms with E-state index in [-0.39, 0.29) is 23.7 Å². The van der Waals surface area contributed by atoms with Crippen molar-refractivity contribution in [2.75, 3.05) is 43.4 Å². The Kier molecular flexibility index (Phi) is 9.88. The van der Waals surface area contributed by atoms with Crippen LogP contribution in [0.4, 0.5) is 22.1 Å². The highest BCUT2D eigenvalue weighted by Crippen LogP contribution is 2.47.